The van der Waals surface area contributed by atoms with Crippen LogP contribution in [0.15, 0.2) is 42.5 Å². The van der Waals surface area contributed by atoms with Crippen molar-refractivity contribution in [3.8, 4) is 0 Å². The molecule has 2 nitrogen and oxygen atoms in total. The molecule has 1 aliphatic carbocycles. The highest BCUT2D eigenvalue weighted by Gasteiger charge is 2.18. The smallest absolute Gasteiger partial charge is 0.337 e. The second-order valence-corrected chi connectivity index (χ2v) is 5.55. The zero-order chi connectivity index (χ0) is 15.7. The van der Waals surface area contributed by atoms with Gasteiger partial charge in [-0.1, -0.05) is 23.7 Å². The summed E-state index contributed by atoms with van der Waals surface area (Å²) in [6.07, 6.45) is 3.86. The Bertz CT molecular complexity index is 781. The van der Waals surface area contributed by atoms with Gasteiger partial charge in [-0.25, -0.2) is 9.18 Å². The monoisotopic (exact) mass is 316 g/mol. The van der Waals surface area contributed by atoms with Gasteiger partial charge >= 0.3 is 5.97 Å². The van der Waals surface area contributed by atoms with Gasteiger partial charge < -0.3 is 4.74 Å². The number of hydrogen-bond donors (Lipinski definition) is 0. The summed E-state index contributed by atoms with van der Waals surface area (Å²) in [4.78, 5) is 11.7. The van der Waals surface area contributed by atoms with Gasteiger partial charge in [0.05, 0.1) is 17.7 Å². The third kappa shape index (κ3) is 2.64. The predicted octanol–water partition coefficient (Wildman–Crippen LogP) is 4.64. The average Bonchev–Trinajstić information content (AvgIpc) is 2.53. The highest BCUT2D eigenvalue weighted by atomic mass is 35.5. The molecule has 0 saturated heterocycles. The first-order valence-electron chi connectivity index (χ1n) is 6.97. The standard InChI is InChI=1S/C18H14ClFO2/c1-22-18(21)12-6-5-11-3-2-4-14(16(11)9-12)15-8-7-13(20)10-17(15)19/h4-10H,2-3H2,1H3. The van der Waals surface area contributed by atoms with E-state index >= 15 is 0 Å². The summed E-state index contributed by atoms with van der Waals surface area (Å²) in [6.45, 7) is 0. The number of esters is 1. The lowest BCUT2D eigenvalue weighted by molar-refractivity contribution is 0.0600. The van der Waals surface area contributed by atoms with Gasteiger partial charge in [-0.2, -0.15) is 0 Å². The van der Waals surface area contributed by atoms with Crippen LogP contribution in [0.4, 0.5) is 4.39 Å². The van der Waals surface area contributed by atoms with E-state index in [0.29, 0.717) is 10.6 Å². The van der Waals surface area contributed by atoms with E-state index in [4.69, 9.17) is 16.3 Å². The lowest BCUT2D eigenvalue weighted by Crippen LogP contribution is -2.06. The van der Waals surface area contributed by atoms with Crippen LogP contribution in [0.5, 0.6) is 0 Å². The van der Waals surface area contributed by atoms with Crippen molar-refractivity contribution in [2.45, 2.75) is 12.8 Å². The molecule has 3 rings (SSSR count). The fourth-order valence-electron chi connectivity index (χ4n) is 2.73. The Labute approximate surface area is 133 Å². The summed E-state index contributed by atoms with van der Waals surface area (Å²) in [5, 5.41) is 0.363. The molecule has 0 aromatic heterocycles. The molecule has 0 amide bonds. The fraction of sp³-hybridized carbons (Fsp3) is 0.167. The van der Waals surface area contributed by atoms with Crippen molar-refractivity contribution in [3.05, 3.63) is 75.6 Å². The SMILES string of the molecule is COC(=O)c1ccc2c(c1)C(c1ccc(F)cc1Cl)=CCC2. The Kier molecular flexibility index (Phi) is 3.99. The van der Waals surface area contributed by atoms with E-state index in [-0.39, 0.29) is 11.8 Å². The van der Waals surface area contributed by atoms with Crippen LogP contribution in [0, 0.1) is 5.82 Å². The van der Waals surface area contributed by atoms with Crippen molar-refractivity contribution < 1.29 is 13.9 Å². The van der Waals surface area contributed by atoms with Crippen LogP contribution in [0.3, 0.4) is 0 Å². The highest BCUT2D eigenvalue weighted by molar-refractivity contribution is 6.32. The molecular formula is C18H14ClFO2. The summed E-state index contributed by atoms with van der Waals surface area (Å²) in [5.74, 6) is -0.744. The zero-order valence-electron chi connectivity index (χ0n) is 12.0. The molecule has 4 heteroatoms. The average molecular weight is 317 g/mol. The Morgan fingerprint density at radius 1 is 1.18 bits per heavy atom. The summed E-state index contributed by atoms with van der Waals surface area (Å²) < 4.78 is 18.0. The number of halogens is 2. The van der Waals surface area contributed by atoms with E-state index in [2.05, 4.69) is 6.08 Å². The fourth-order valence-corrected chi connectivity index (χ4v) is 3.00. The normalized spacial score (nSPS) is 13.3. The van der Waals surface area contributed by atoms with E-state index in [1.54, 1.807) is 12.1 Å². The van der Waals surface area contributed by atoms with E-state index in [1.807, 2.05) is 12.1 Å². The highest BCUT2D eigenvalue weighted by Crippen LogP contribution is 2.36. The molecule has 0 bridgehead atoms. The first-order valence-corrected chi connectivity index (χ1v) is 7.35. The summed E-state index contributed by atoms with van der Waals surface area (Å²) >= 11 is 6.19. The number of carbonyl (C=O) groups excluding carboxylic acids is 1. The molecule has 0 heterocycles. The molecule has 0 saturated carbocycles. The molecule has 0 aliphatic heterocycles. The Hall–Kier alpha value is -2.13. The van der Waals surface area contributed by atoms with Gasteiger partial charge in [-0.3, -0.25) is 0 Å². The van der Waals surface area contributed by atoms with E-state index in [1.165, 1.54) is 19.2 Å². The van der Waals surface area contributed by atoms with Crippen molar-refractivity contribution in [1.82, 2.24) is 0 Å². The Morgan fingerprint density at radius 2 is 2.00 bits per heavy atom. The maximum absolute atomic E-state index is 13.3. The number of carbonyl (C=O) groups is 1. The molecule has 0 spiro atoms. The minimum absolute atomic E-state index is 0.363. The van der Waals surface area contributed by atoms with Gasteiger partial charge in [0.1, 0.15) is 5.82 Å². The van der Waals surface area contributed by atoms with Crippen molar-refractivity contribution in [2.24, 2.45) is 0 Å². The summed E-state index contributed by atoms with van der Waals surface area (Å²) in [5.41, 5.74) is 4.28. The topological polar surface area (TPSA) is 26.3 Å². The van der Waals surface area contributed by atoms with Gasteiger partial charge in [0.15, 0.2) is 0 Å². The lowest BCUT2D eigenvalue weighted by Gasteiger charge is -2.20. The maximum Gasteiger partial charge on any atom is 0.337 e. The molecular weight excluding hydrogens is 303 g/mol. The number of methoxy groups -OCH3 is 1. The van der Waals surface area contributed by atoms with E-state index in [9.17, 15) is 9.18 Å². The van der Waals surface area contributed by atoms with Crippen LogP contribution in [0.1, 0.15) is 33.5 Å². The van der Waals surface area contributed by atoms with Crippen molar-refractivity contribution in [1.29, 1.82) is 0 Å². The van der Waals surface area contributed by atoms with E-state index < -0.39 is 0 Å². The second kappa shape index (κ2) is 5.93. The zero-order valence-corrected chi connectivity index (χ0v) is 12.8. The molecule has 0 atom stereocenters. The van der Waals surface area contributed by atoms with Crippen LogP contribution < -0.4 is 0 Å². The van der Waals surface area contributed by atoms with Crippen molar-refractivity contribution >= 4 is 23.1 Å². The van der Waals surface area contributed by atoms with Gasteiger partial charge in [0.25, 0.3) is 0 Å². The number of aryl methyl sites for hydroxylation is 1. The summed E-state index contributed by atoms with van der Waals surface area (Å²) in [6, 6.07) is 9.87. The van der Waals surface area contributed by atoms with Crippen LogP contribution >= 0.6 is 11.6 Å². The van der Waals surface area contributed by atoms with Crippen LogP contribution in [-0.2, 0) is 11.2 Å². The molecule has 112 valence electrons. The number of benzene rings is 2. The van der Waals surface area contributed by atoms with Crippen LogP contribution in [0.25, 0.3) is 5.57 Å². The van der Waals surface area contributed by atoms with Gasteiger partial charge in [0, 0.05) is 5.56 Å². The largest absolute Gasteiger partial charge is 0.465 e. The third-order valence-electron chi connectivity index (χ3n) is 3.80. The number of rotatable bonds is 2. The number of hydrogen-bond acceptors (Lipinski definition) is 2. The molecule has 0 N–H and O–H groups in total. The molecule has 0 fully saturated rings. The molecule has 0 radical (unpaired) electrons. The number of ether oxygens (including phenoxy) is 1. The van der Waals surface area contributed by atoms with E-state index in [0.717, 1.165) is 35.1 Å². The maximum atomic E-state index is 13.3. The minimum Gasteiger partial charge on any atom is -0.465 e. The molecule has 22 heavy (non-hydrogen) atoms. The lowest BCUT2D eigenvalue weighted by atomic mass is 9.86. The minimum atomic E-state index is -0.377. The van der Waals surface area contributed by atoms with Gasteiger partial charge in [-0.15, -0.1) is 0 Å². The van der Waals surface area contributed by atoms with Crippen LogP contribution in [-0.4, -0.2) is 13.1 Å². The van der Waals surface area contributed by atoms with Crippen molar-refractivity contribution in [2.75, 3.05) is 7.11 Å². The molecule has 2 aromatic carbocycles. The van der Waals surface area contributed by atoms with Gasteiger partial charge in [-0.05, 0) is 59.9 Å². The Morgan fingerprint density at radius 3 is 2.73 bits per heavy atom. The first kappa shape index (κ1) is 14.8. The van der Waals surface area contributed by atoms with Gasteiger partial charge in [0.2, 0.25) is 0 Å². The molecule has 0 unspecified atom stereocenters. The number of allylic oxidation sites excluding steroid dienone is 1. The van der Waals surface area contributed by atoms with Crippen molar-refractivity contribution in [3.63, 3.8) is 0 Å². The number of fused-ring (bicyclic) bond motifs is 1. The molecule has 1 aliphatic rings. The third-order valence-corrected chi connectivity index (χ3v) is 4.12. The second-order valence-electron chi connectivity index (χ2n) is 5.14. The predicted molar refractivity (Wildman–Crippen MR) is 84.6 cm³/mol. The molecule has 2 aromatic rings. The first-order chi connectivity index (χ1) is 10.6. The van der Waals surface area contributed by atoms with Crippen LogP contribution in [0.2, 0.25) is 5.02 Å². The Balaban J connectivity index is 2.12. The quantitative estimate of drug-likeness (QED) is 0.754. The summed E-state index contributed by atoms with van der Waals surface area (Å²) in [7, 11) is 1.36.